The molecule has 154 valence electrons. The summed E-state index contributed by atoms with van der Waals surface area (Å²) in [7, 11) is 0. The van der Waals surface area contributed by atoms with Gasteiger partial charge >= 0.3 is 5.97 Å². The molecule has 1 aliphatic carbocycles. The molecule has 2 aromatic heterocycles. The number of fused-ring (bicyclic) bond motifs is 1. The maximum atomic E-state index is 12.3. The predicted molar refractivity (Wildman–Crippen MR) is 106 cm³/mol. The van der Waals surface area contributed by atoms with E-state index in [2.05, 4.69) is 26.5 Å². The number of esters is 1. The molecular formula is C19H24N6O3S. The summed E-state index contributed by atoms with van der Waals surface area (Å²) in [6.07, 6.45) is 5.99. The topological polar surface area (TPSA) is 122 Å². The molecule has 1 N–H and O–H groups in total. The summed E-state index contributed by atoms with van der Waals surface area (Å²) in [4.78, 5) is 33.2. The summed E-state index contributed by atoms with van der Waals surface area (Å²) in [5.74, 6) is -0.507. The van der Waals surface area contributed by atoms with E-state index in [1.165, 1.54) is 11.8 Å². The second kappa shape index (κ2) is 8.78. The Morgan fingerprint density at radius 2 is 2.00 bits per heavy atom. The molecule has 0 aromatic carbocycles. The van der Waals surface area contributed by atoms with Gasteiger partial charge in [0, 0.05) is 17.0 Å². The van der Waals surface area contributed by atoms with Crippen molar-refractivity contribution in [3.8, 4) is 6.07 Å². The van der Waals surface area contributed by atoms with Crippen molar-refractivity contribution >= 4 is 29.4 Å². The van der Waals surface area contributed by atoms with Gasteiger partial charge in [0.25, 0.3) is 11.7 Å². The second-order valence-electron chi connectivity index (χ2n) is 7.21. The zero-order valence-electron chi connectivity index (χ0n) is 16.8. The highest BCUT2D eigenvalue weighted by molar-refractivity contribution is 7.98. The molecular weight excluding hydrogens is 392 g/mol. The summed E-state index contributed by atoms with van der Waals surface area (Å²) < 4.78 is 6.75. The van der Waals surface area contributed by atoms with Gasteiger partial charge in [-0.1, -0.05) is 31.0 Å². The minimum atomic E-state index is -0.841. The number of carbonyl (C=O) groups excluding carboxylic acids is 2. The Morgan fingerprint density at radius 3 is 2.66 bits per heavy atom. The molecule has 3 rings (SSSR count). The zero-order valence-corrected chi connectivity index (χ0v) is 17.6. The lowest BCUT2D eigenvalue weighted by Gasteiger charge is -2.31. The van der Waals surface area contributed by atoms with Crippen LogP contribution in [0.4, 0.5) is 0 Å². The number of hydrogen-bond donors (Lipinski definition) is 1. The molecule has 0 unspecified atom stereocenters. The van der Waals surface area contributed by atoms with Crippen molar-refractivity contribution in [3.63, 3.8) is 0 Å². The molecule has 9 nitrogen and oxygen atoms in total. The fourth-order valence-electron chi connectivity index (χ4n) is 3.60. The van der Waals surface area contributed by atoms with Crippen LogP contribution in [0.1, 0.15) is 49.1 Å². The molecule has 0 bridgehead atoms. The van der Waals surface area contributed by atoms with E-state index in [0.717, 1.165) is 25.0 Å². The van der Waals surface area contributed by atoms with E-state index in [1.807, 2.05) is 13.2 Å². The quantitative estimate of drug-likeness (QED) is 0.559. The Balaban J connectivity index is 1.62. The number of aromatic nitrogens is 4. The Kier molecular flexibility index (Phi) is 6.37. The minimum Gasteiger partial charge on any atom is -0.455 e. The molecule has 1 fully saturated rings. The first-order valence-corrected chi connectivity index (χ1v) is 10.7. The van der Waals surface area contributed by atoms with Gasteiger partial charge < -0.3 is 10.1 Å². The van der Waals surface area contributed by atoms with Gasteiger partial charge in [-0.3, -0.25) is 9.59 Å². The molecule has 2 heterocycles. The van der Waals surface area contributed by atoms with Crippen LogP contribution in [0.5, 0.6) is 0 Å². The Hall–Kier alpha value is -2.67. The highest BCUT2D eigenvalue weighted by atomic mass is 32.2. The number of nitrogens with zero attached hydrogens (tertiary/aromatic N) is 5. The van der Waals surface area contributed by atoms with Crippen molar-refractivity contribution in [1.29, 1.82) is 5.26 Å². The van der Waals surface area contributed by atoms with E-state index in [-0.39, 0.29) is 6.42 Å². The van der Waals surface area contributed by atoms with Gasteiger partial charge in [0.1, 0.15) is 5.54 Å². The number of aryl methyl sites for hydroxylation is 2. The molecule has 0 atom stereocenters. The largest absolute Gasteiger partial charge is 0.455 e. The van der Waals surface area contributed by atoms with Gasteiger partial charge in [0.05, 0.1) is 12.5 Å². The van der Waals surface area contributed by atoms with E-state index in [9.17, 15) is 14.9 Å². The lowest BCUT2D eigenvalue weighted by Crippen LogP contribution is -2.50. The lowest BCUT2D eigenvalue weighted by molar-refractivity contribution is -0.148. The normalized spacial score (nSPS) is 15.7. The standard InChI is InChI=1S/C19H24N6O3S/c1-12-14(13(2)25-17(21-12)22-18(24-25)29-3)9-16(27)28-10-15(26)23-19(11-20)7-5-4-6-8-19/h4-10H2,1-3H3,(H,23,26). The molecule has 0 radical (unpaired) electrons. The SMILES string of the molecule is CSc1nc2nc(C)c(CC(=O)OCC(=O)NC3(C#N)CCCCC3)c(C)n2n1. The van der Waals surface area contributed by atoms with Gasteiger partial charge in [0.2, 0.25) is 5.16 Å². The van der Waals surface area contributed by atoms with E-state index < -0.39 is 24.0 Å². The van der Waals surface area contributed by atoms with Gasteiger partial charge in [-0.25, -0.2) is 9.50 Å². The van der Waals surface area contributed by atoms with Crippen LogP contribution in [-0.2, 0) is 20.7 Å². The number of thioether (sulfide) groups is 1. The zero-order chi connectivity index (χ0) is 21.0. The third-order valence-corrected chi connectivity index (χ3v) is 5.74. The molecule has 0 spiro atoms. The lowest BCUT2D eigenvalue weighted by atomic mass is 9.83. The van der Waals surface area contributed by atoms with Crippen LogP contribution in [0, 0.1) is 25.2 Å². The first-order chi connectivity index (χ1) is 13.9. The summed E-state index contributed by atoms with van der Waals surface area (Å²) in [6.45, 7) is 3.24. The number of hydrogen-bond acceptors (Lipinski definition) is 8. The third kappa shape index (κ3) is 4.67. The highest BCUT2D eigenvalue weighted by Crippen LogP contribution is 2.27. The number of carbonyl (C=O) groups is 2. The molecule has 1 amide bonds. The summed E-state index contributed by atoms with van der Waals surface area (Å²) >= 11 is 1.41. The van der Waals surface area contributed by atoms with Crippen molar-refractivity contribution in [2.45, 2.75) is 63.1 Å². The minimum absolute atomic E-state index is 0.0221. The fourth-order valence-corrected chi connectivity index (χ4v) is 3.93. The van der Waals surface area contributed by atoms with Gasteiger partial charge in [-0.15, -0.1) is 5.10 Å². The smallest absolute Gasteiger partial charge is 0.310 e. The van der Waals surface area contributed by atoms with Crippen LogP contribution in [0.25, 0.3) is 5.78 Å². The molecule has 0 saturated heterocycles. The summed E-state index contributed by atoms with van der Waals surface area (Å²) in [5, 5.41) is 17.1. The number of amides is 1. The summed E-state index contributed by atoms with van der Waals surface area (Å²) in [5.41, 5.74) is 1.28. The van der Waals surface area contributed by atoms with E-state index in [0.29, 0.717) is 35.0 Å². The Morgan fingerprint density at radius 1 is 1.28 bits per heavy atom. The fraction of sp³-hybridized carbons (Fsp3) is 0.579. The Labute approximate surface area is 173 Å². The van der Waals surface area contributed by atoms with Gasteiger partial charge in [-0.2, -0.15) is 10.2 Å². The maximum absolute atomic E-state index is 12.3. The molecule has 29 heavy (non-hydrogen) atoms. The van der Waals surface area contributed by atoms with E-state index in [1.54, 1.807) is 11.4 Å². The van der Waals surface area contributed by atoms with Crippen LogP contribution in [0.3, 0.4) is 0 Å². The number of nitrogens with one attached hydrogen (secondary N) is 1. The van der Waals surface area contributed by atoms with Crippen molar-refractivity contribution < 1.29 is 14.3 Å². The highest BCUT2D eigenvalue weighted by Gasteiger charge is 2.33. The second-order valence-corrected chi connectivity index (χ2v) is 7.99. The van der Waals surface area contributed by atoms with Crippen LogP contribution in [0.15, 0.2) is 5.16 Å². The van der Waals surface area contributed by atoms with Crippen molar-refractivity contribution in [1.82, 2.24) is 24.9 Å². The maximum Gasteiger partial charge on any atom is 0.310 e. The first-order valence-electron chi connectivity index (χ1n) is 9.52. The number of ether oxygens (including phenoxy) is 1. The van der Waals surface area contributed by atoms with Crippen LogP contribution < -0.4 is 5.32 Å². The molecule has 0 aliphatic heterocycles. The third-order valence-electron chi connectivity index (χ3n) is 5.20. The number of nitriles is 1. The van der Waals surface area contributed by atoms with Gasteiger partial charge in [-0.05, 0) is 32.9 Å². The van der Waals surface area contributed by atoms with Crippen LogP contribution >= 0.6 is 11.8 Å². The summed E-state index contributed by atoms with van der Waals surface area (Å²) in [6, 6.07) is 2.22. The van der Waals surface area contributed by atoms with Crippen molar-refractivity contribution in [3.05, 3.63) is 17.0 Å². The van der Waals surface area contributed by atoms with Gasteiger partial charge in [0.15, 0.2) is 6.61 Å². The van der Waals surface area contributed by atoms with E-state index >= 15 is 0 Å². The molecule has 2 aromatic rings. The molecule has 1 saturated carbocycles. The predicted octanol–water partition coefficient (Wildman–Crippen LogP) is 1.89. The number of rotatable bonds is 6. The van der Waals surface area contributed by atoms with Crippen molar-refractivity contribution in [2.75, 3.05) is 12.9 Å². The van der Waals surface area contributed by atoms with Crippen LogP contribution in [-0.4, -0.2) is 49.9 Å². The first kappa shape index (κ1) is 21.0. The average Bonchev–Trinajstić information content (AvgIpc) is 3.13. The van der Waals surface area contributed by atoms with Crippen molar-refractivity contribution in [2.24, 2.45) is 0 Å². The monoisotopic (exact) mass is 416 g/mol. The van der Waals surface area contributed by atoms with Crippen LogP contribution in [0.2, 0.25) is 0 Å². The Bertz CT molecular complexity index is 974. The molecule has 10 heteroatoms. The van der Waals surface area contributed by atoms with E-state index in [4.69, 9.17) is 4.74 Å². The molecule has 1 aliphatic rings. The average molecular weight is 417 g/mol.